The van der Waals surface area contributed by atoms with Crippen LogP contribution in [0.25, 0.3) is 0 Å². The number of ether oxygens (including phenoxy) is 2. The van der Waals surface area contributed by atoms with Crippen molar-refractivity contribution >= 4 is 58.0 Å². The van der Waals surface area contributed by atoms with Crippen LogP contribution in [-0.2, 0) is 33.1 Å². The summed E-state index contributed by atoms with van der Waals surface area (Å²) in [7, 11) is -8.88. The van der Waals surface area contributed by atoms with E-state index in [2.05, 4.69) is 13.8 Å². The molecule has 0 aliphatic heterocycles. The number of aromatic hydroxyl groups is 1. The van der Waals surface area contributed by atoms with Gasteiger partial charge in [-0.1, -0.05) is 121 Å². The Hall–Kier alpha value is -2.84. The number of unbranched alkanes of at least 4 members (excludes halogenated alkanes) is 12. The average Bonchev–Trinajstić information content (AvgIpc) is 3.11. The Morgan fingerprint density at radius 2 is 1.00 bits per heavy atom. The molecule has 0 amide bonds. The zero-order valence-corrected chi connectivity index (χ0v) is 35.9. The van der Waals surface area contributed by atoms with Crippen molar-refractivity contribution in [1.82, 2.24) is 0 Å². The predicted octanol–water partition coefficient (Wildman–Crippen LogP) is 10.1. The Balaban J connectivity index is 0.000000373. The average molecular weight is 823 g/mol. The van der Waals surface area contributed by atoms with Crippen LogP contribution in [0.2, 0.25) is 0 Å². The topological polar surface area (TPSA) is 173 Å². The zero-order valence-electron chi connectivity index (χ0n) is 32.1. The van der Waals surface area contributed by atoms with E-state index in [0.717, 1.165) is 49.7 Å². The fraction of sp³-hybridized carbons (Fsp3) is 0.429. The molecule has 0 aliphatic rings. The molecule has 4 rings (SSSR count). The van der Waals surface area contributed by atoms with Crippen LogP contribution in [0.1, 0.15) is 115 Å². The van der Waals surface area contributed by atoms with Crippen molar-refractivity contribution in [2.75, 3.05) is 0 Å². The molecule has 0 heterocycles. The van der Waals surface area contributed by atoms with Crippen LogP contribution in [0.3, 0.4) is 0 Å². The van der Waals surface area contributed by atoms with Crippen LogP contribution in [0.5, 0.6) is 34.5 Å². The molecule has 0 fully saturated rings. The van der Waals surface area contributed by atoms with Crippen molar-refractivity contribution in [1.29, 1.82) is 0 Å². The third-order valence-electron chi connectivity index (χ3n) is 8.84. The molecule has 2 N–H and O–H groups in total. The summed E-state index contributed by atoms with van der Waals surface area (Å²) >= 11 is 0. The maximum atomic E-state index is 11.5. The molecule has 0 aliphatic carbocycles. The molecule has 0 saturated carbocycles. The summed E-state index contributed by atoms with van der Waals surface area (Å²) in [6, 6.07) is 20.8. The molecule has 0 radical (unpaired) electrons. The van der Waals surface area contributed by atoms with Gasteiger partial charge in [0.15, 0.2) is 0 Å². The van der Waals surface area contributed by atoms with Gasteiger partial charge in [0.25, 0.3) is 10.1 Å². The molecule has 13 heteroatoms. The minimum atomic E-state index is -4.57. The van der Waals surface area contributed by atoms with Gasteiger partial charge in [0.2, 0.25) is 0 Å². The molecular formula is C42H54CaO10S2. The maximum absolute atomic E-state index is 11.5. The van der Waals surface area contributed by atoms with Crippen molar-refractivity contribution in [2.24, 2.45) is 0 Å². The van der Waals surface area contributed by atoms with E-state index in [1.807, 2.05) is 0 Å². The van der Waals surface area contributed by atoms with Crippen molar-refractivity contribution in [2.45, 2.75) is 126 Å². The Morgan fingerprint density at radius 1 is 0.564 bits per heavy atom. The van der Waals surface area contributed by atoms with E-state index in [1.54, 1.807) is 36.4 Å². The van der Waals surface area contributed by atoms with Crippen molar-refractivity contribution in [3.63, 3.8) is 0 Å². The third kappa shape index (κ3) is 18.8. The van der Waals surface area contributed by atoms with E-state index in [4.69, 9.17) is 9.47 Å². The van der Waals surface area contributed by atoms with Crippen molar-refractivity contribution in [3.8, 4) is 34.5 Å². The van der Waals surface area contributed by atoms with E-state index < -0.39 is 20.2 Å². The fourth-order valence-corrected chi connectivity index (χ4v) is 6.85. The summed E-state index contributed by atoms with van der Waals surface area (Å²) in [6.45, 7) is 4.39. The van der Waals surface area contributed by atoms with E-state index in [-0.39, 0.29) is 59.0 Å². The monoisotopic (exact) mass is 822 g/mol. The first-order valence-electron chi connectivity index (χ1n) is 18.9. The van der Waals surface area contributed by atoms with Crippen LogP contribution in [0.4, 0.5) is 0 Å². The number of phenolic OH excluding ortho intramolecular Hbond substituents is 1. The van der Waals surface area contributed by atoms with Gasteiger partial charge in [0.05, 0.1) is 9.79 Å². The molecule has 0 atom stereocenters. The molecule has 0 unspecified atom stereocenters. The SMILES string of the molecule is CCCCCCCCCc1ccc(S(=O)(=O)O)cc1Oc1cccc(O)c1.CCCCCCCCCc1ccc(S(=O)(=O)[O-])cc1Oc1cccc([O-])c1.[Ca+2]. The van der Waals surface area contributed by atoms with Crippen molar-refractivity contribution < 1.29 is 45.6 Å². The number of benzene rings is 4. The molecule has 4 aromatic carbocycles. The molecule has 0 bridgehead atoms. The first kappa shape index (κ1) is 48.3. The number of phenols is 1. The molecule has 0 spiro atoms. The third-order valence-corrected chi connectivity index (χ3v) is 10.5. The van der Waals surface area contributed by atoms with Gasteiger partial charge in [-0.25, -0.2) is 8.42 Å². The van der Waals surface area contributed by atoms with Gasteiger partial charge in [0.1, 0.15) is 38.9 Å². The predicted molar refractivity (Wildman–Crippen MR) is 214 cm³/mol. The fourth-order valence-electron chi connectivity index (χ4n) is 5.87. The molecule has 55 heavy (non-hydrogen) atoms. The second kappa shape index (κ2) is 25.4. The van der Waals surface area contributed by atoms with Crippen LogP contribution in [0.15, 0.2) is 94.7 Å². The standard InChI is InChI=1S/2C21H28O5S.Ca/c2*1-2-3-4-5-6-7-8-10-17-13-14-20(27(23,24)25)16-21(17)26-19-12-9-11-18(22)15-19;/h2*9,11-16,22H,2-8,10H2,1H3,(H,23,24,25);/q;;+2/p-2. The molecule has 0 saturated heterocycles. The normalized spacial score (nSPS) is 11.3. The summed E-state index contributed by atoms with van der Waals surface area (Å²) in [6.07, 6.45) is 17.9. The van der Waals surface area contributed by atoms with Gasteiger partial charge in [-0.15, -0.1) is 5.75 Å². The molecule has 10 nitrogen and oxygen atoms in total. The zero-order chi connectivity index (χ0) is 39.4. The number of hydrogen-bond donors (Lipinski definition) is 2. The van der Waals surface area contributed by atoms with E-state index in [0.29, 0.717) is 23.0 Å². The van der Waals surface area contributed by atoms with Gasteiger partial charge in [-0.05, 0) is 79.3 Å². The summed E-state index contributed by atoms with van der Waals surface area (Å²) in [5, 5.41) is 21.1. The number of aryl methyl sites for hydroxylation is 2. The van der Waals surface area contributed by atoms with Crippen molar-refractivity contribution in [3.05, 3.63) is 96.1 Å². The smallest absolute Gasteiger partial charge is 0.872 e. The van der Waals surface area contributed by atoms with Crippen LogP contribution >= 0.6 is 0 Å². The summed E-state index contributed by atoms with van der Waals surface area (Å²) in [4.78, 5) is -0.542. The quantitative estimate of drug-likeness (QED) is 0.0441. The second-order valence-corrected chi connectivity index (χ2v) is 16.2. The Labute approximate surface area is 357 Å². The summed E-state index contributed by atoms with van der Waals surface area (Å²) in [5.74, 6) is 1.28. The van der Waals surface area contributed by atoms with E-state index in [1.165, 1.54) is 113 Å². The van der Waals surface area contributed by atoms with Gasteiger partial charge >= 0.3 is 37.7 Å². The van der Waals surface area contributed by atoms with Crippen LogP contribution < -0.4 is 14.6 Å². The van der Waals surface area contributed by atoms with Gasteiger partial charge < -0.3 is 24.2 Å². The molecular weight excluding hydrogens is 769 g/mol. The number of rotatable bonds is 22. The van der Waals surface area contributed by atoms with Gasteiger partial charge in [-0.2, -0.15) is 8.42 Å². The van der Waals surface area contributed by atoms with E-state index in [9.17, 15) is 36.2 Å². The van der Waals surface area contributed by atoms with Crippen LogP contribution in [-0.4, -0.2) is 68.8 Å². The summed E-state index contributed by atoms with van der Waals surface area (Å²) < 4.78 is 77.7. The van der Waals surface area contributed by atoms with E-state index >= 15 is 0 Å². The molecule has 296 valence electrons. The minimum Gasteiger partial charge on any atom is -0.872 e. The van der Waals surface area contributed by atoms with Gasteiger partial charge in [-0.3, -0.25) is 4.55 Å². The number of hydrogen-bond acceptors (Lipinski definition) is 9. The van der Waals surface area contributed by atoms with Gasteiger partial charge in [0, 0.05) is 12.1 Å². The Bertz CT molecular complexity index is 1810. The first-order chi connectivity index (χ1) is 25.8. The first-order valence-corrected chi connectivity index (χ1v) is 21.8. The minimum absolute atomic E-state index is 0. The molecule has 4 aromatic rings. The maximum Gasteiger partial charge on any atom is 2.00 e. The molecule has 0 aromatic heterocycles. The largest absolute Gasteiger partial charge is 2.00 e. The Morgan fingerprint density at radius 3 is 1.45 bits per heavy atom. The van der Waals surface area contributed by atoms with Crippen LogP contribution in [0, 0.1) is 0 Å². The summed E-state index contributed by atoms with van der Waals surface area (Å²) in [5.41, 5.74) is 1.70. The second-order valence-electron chi connectivity index (χ2n) is 13.4. The Kier molecular flexibility index (Phi) is 22.3.